The van der Waals surface area contributed by atoms with Gasteiger partial charge in [0.1, 0.15) is 17.1 Å². The highest BCUT2D eigenvalue weighted by Crippen LogP contribution is 2.36. The zero-order valence-corrected chi connectivity index (χ0v) is 15.4. The quantitative estimate of drug-likeness (QED) is 0.530. The zero-order chi connectivity index (χ0) is 18.8. The summed E-state index contributed by atoms with van der Waals surface area (Å²) in [6.07, 6.45) is 5.06. The number of pyridine rings is 3. The average Bonchev–Trinajstić information content (AvgIpc) is 2.69. The van der Waals surface area contributed by atoms with Crippen LogP contribution in [-0.2, 0) is 0 Å². The van der Waals surface area contributed by atoms with Gasteiger partial charge in [-0.3, -0.25) is 4.98 Å². The van der Waals surface area contributed by atoms with Gasteiger partial charge in [0.15, 0.2) is 0 Å². The molecule has 0 saturated carbocycles. The van der Waals surface area contributed by atoms with Gasteiger partial charge in [0.25, 0.3) is 0 Å². The second kappa shape index (κ2) is 7.21. The van der Waals surface area contributed by atoms with Crippen molar-refractivity contribution in [1.29, 1.82) is 0 Å². The Kier molecular flexibility index (Phi) is 4.60. The van der Waals surface area contributed by atoms with Gasteiger partial charge in [-0.2, -0.15) is 0 Å². The highest BCUT2D eigenvalue weighted by Gasteiger charge is 2.20. The lowest BCUT2D eigenvalue weighted by Crippen LogP contribution is -2.14. The van der Waals surface area contributed by atoms with E-state index in [1.807, 2.05) is 43.3 Å². The number of nitrogens with zero attached hydrogens (tertiary/aromatic N) is 3. The fourth-order valence-electron chi connectivity index (χ4n) is 3.02. The molecule has 1 aromatic carbocycles. The molecular weight excluding hydrogens is 360 g/mol. The summed E-state index contributed by atoms with van der Waals surface area (Å²) in [5.74, 6) is 0.788. The Hall–Kier alpha value is -3.18. The van der Waals surface area contributed by atoms with Crippen LogP contribution >= 0.6 is 11.6 Å². The number of phenolic OH excluding ortho intramolecular Hbond substituents is 1. The van der Waals surface area contributed by atoms with Crippen LogP contribution < -0.4 is 5.32 Å². The maximum atomic E-state index is 11.0. The van der Waals surface area contributed by atoms with Gasteiger partial charge in [0.05, 0.1) is 11.1 Å². The molecule has 3 heterocycles. The number of hydrogen-bond acceptors (Lipinski definition) is 5. The highest BCUT2D eigenvalue weighted by atomic mass is 35.5. The molecule has 1 unspecified atom stereocenters. The summed E-state index contributed by atoms with van der Waals surface area (Å²) in [7, 11) is 0. The Labute approximate surface area is 161 Å². The third-order valence-corrected chi connectivity index (χ3v) is 4.58. The van der Waals surface area contributed by atoms with Crippen LogP contribution in [0.2, 0.25) is 5.02 Å². The number of hydrogen-bond donors (Lipinski definition) is 2. The molecule has 134 valence electrons. The Bertz CT molecular complexity index is 1080. The van der Waals surface area contributed by atoms with E-state index in [0.717, 1.165) is 16.6 Å². The van der Waals surface area contributed by atoms with Crippen LogP contribution in [-0.4, -0.2) is 20.1 Å². The van der Waals surface area contributed by atoms with Crippen molar-refractivity contribution in [2.75, 3.05) is 5.32 Å². The number of anilines is 1. The molecule has 0 aliphatic heterocycles. The van der Waals surface area contributed by atoms with Crippen molar-refractivity contribution in [3.05, 3.63) is 89.0 Å². The van der Waals surface area contributed by atoms with Gasteiger partial charge in [-0.05, 0) is 36.8 Å². The number of phenols is 1. The number of halogens is 1. The van der Waals surface area contributed by atoms with Crippen LogP contribution in [0.4, 0.5) is 5.82 Å². The molecule has 0 bridgehead atoms. The SMILES string of the molecule is Cc1ccc2ccc(C(Nc3ccc(Cl)cn3)c3cccnc3)c(O)c2n1. The smallest absolute Gasteiger partial charge is 0.147 e. The van der Waals surface area contributed by atoms with E-state index in [-0.39, 0.29) is 11.8 Å². The van der Waals surface area contributed by atoms with E-state index in [0.29, 0.717) is 21.9 Å². The van der Waals surface area contributed by atoms with E-state index in [4.69, 9.17) is 11.6 Å². The second-order valence-corrected chi connectivity index (χ2v) is 6.69. The number of aromatic hydroxyl groups is 1. The lowest BCUT2D eigenvalue weighted by molar-refractivity contribution is 0.471. The van der Waals surface area contributed by atoms with Crippen LogP contribution in [0.5, 0.6) is 5.75 Å². The first kappa shape index (κ1) is 17.2. The molecule has 0 aliphatic carbocycles. The number of fused-ring (bicyclic) bond motifs is 1. The second-order valence-electron chi connectivity index (χ2n) is 6.25. The predicted octanol–water partition coefficient (Wildman–Crippen LogP) is 4.89. The molecule has 0 aliphatic rings. The summed E-state index contributed by atoms with van der Waals surface area (Å²) in [6.45, 7) is 1.90. The van der Waals surface area contributed by atoms with Gasteiger partial charge in [-0.1, -0.05) is 35.9 Å². The summed E-state index contributed by atoms with van der Waals surface area (Å²) >= 11 is 5.94. The standard InChI is InChI=1S/C21H17ClN4O/c1-13-4-5-14-6-8-17(21(27)20(14)25-13)19(15-3-2-10-23-11-15)26-18-9-7-16(22)12-24-18/h2-12,19,27H,1H3,(H,24,26). The molecule has 0 amide bonds. The van der Waals surface area contributed by atoms with Crippen molar-refractivity contribution in [3.63, 3.8) is 0 Å². The minimum atomic E-state index is -0.348. The van der Waals surface area contributed by atoms with Gasteiger partial charge in [0.2, 0.25) is 0 Å². The lowest BCUT2D eigenvalue weighted by Gasteiger charge is -2.21. The maximum absolute atomic E-state index is 11.0. The largest absolute Gasteiger partial charge is 0.505 e. The van der Waals surface area contributed by atoms with Crippen molar-refractivity contribution < 1.29 is 5.11 Å². The number of aromatic nitrogens is 3. The normalized spacial score (nSPS) is 12.1. The third-order valence-electron chi connectivity index (χ3n) is 4.35. The first-order valence-electron chi connectivity index (χ1n) is 8.49. The lowest BCUT2D eigenvalue weighted by atomic mass is 9.97. The highest BCUT2D eigenvalue weighted by molar-refractivity contribution is 6.30. The molecule has 3 aromatic heterocycles. The Morgan fingerprint density at radius 2 is 1.89 bits per heavy atom. The Morgan fingerprint density at radius 1 is 1.04 bits per heavy atom. The zero-order valence-electron chi connectivity index (χ0n) is 14.6. The number of benzene rings is 1. The van der Waals surface area contributed by atoms with Gasteiger partial charge in [-0.15, -0.1) is 0 Å². The van der Waals surface area contributed by atoms with E-state index in [1.54, 1.807) is 30.7 Å². The van der Waals surface area contributed by atoms with E-state index in [2.05, 4.69) is 20.3 Å². The minimum Gasteiger partial charge on any atom is -0.505 e. The monoisotopic (exact) mass is 376 g/mol. The van der Waals surface area contributed by atoms with E-state index in [1.165, 1.54) is 0 Å². The molecule has 27 heavy (non-hydrogen) atoms. The third kappa shape index (κ3) is 3.55. The molecule has 6 heteroatoms. The van der Waals surface area contributed by atoms with Crippen LogP contribution in [0.15, 0.2) is 67.1 Å². The first-order valence-corrected chi connectivity index (χ1v) is 8.87. The number of rotatable bonds is 4. The van der Waals surface area contributed by atoms with Crippen LogP contribution in [0.25, 0.3) is 10.9 Å². The van der Waals surface area contributed by atoms with Crippen molar-refractivity contribution in [2.45, 2.75) is 13.0 Å². The first-order chi connectivity index (χ1) is 13.1. The molecule has 5 nitrogen and oxygen atoms in total. The molecule has 0 fully saturated rings. The molecule has 0 radical (unpaired) electrons. The van der Waals surface area contributed by atoms with Crippen LogP contribution in [0.1, 0.15) is 22.9 Å². The van der Waals surface area contributed by atoms with Crippen molar-refractivity contribution >= 4 is 28.3 Å². The summed E-state index contributed by atoms with van der Waals surface area (Å²) in [5.41, 5.74) is 3.02. The fraction of sp³-hybridized carbons (Fsp3) is 0.0952. The topological polar surface area (TPSA) is 70.9 Å². The van der Waals surface area contributed by atoms with Crippen molar-refractivity contribution in [2.24, 2.45) is 0 Å². The predicted molar refractivity (Wildman–Crippen MR) is 107 cm³/mol. The molecule has 4 rings (SSSR count). The molecular formula is C21H17ClN4O. The van der Waals surface area contributed by atoms with E-state index in [9.17, 15) is 5.11 Å². The average molecular weight is 377 g/mol. The van der Waals surface area contributed by atoms with Gasteiger partial charge in [0, 0.05) is 35.2 Å². The summed E-state index contributed by atoms with van der Waals surface area (Å²) in [4.78, 5) is 13.0. The van der Waals surface area contributed by atoms with Gasteiger partial charge < -0.3 is 10.4 Å². The molecule has 0 saturated heterocycles. The van der Waals surface area contributed by atoms with Gasteiger partial charge >= 0.3 is 0 Å². The molecule has 2 N–H and O–H groups in total. The summed E-state index contributed by atoms with van der Waals surface area (Å²) in [6, 6.07) is 14.8. The van der Waals surface area contributed by atoms with Crippen LogP contribution in [0, 0.1) is 6.92 Å². The molecule has 1 atom stereocenters. The Balaban J connectivity index is 1.84. The van der Waals surface area contributed by atoms with Crippen LogP contribution in [0.3, 0.4) is 0 Å². The summed E-state index contributed by atoms with van der Waals surface area (Å²) in [5, 5.41) is 15.8. The molecule has 4 aromatic rings. The maximum Gasteiger partial charge on any atom is 0.147 e. The van der Waals surface area contributed by atoms with Crippen molar-refractivity contribution in [1.82, 2.24) is 15.0 Å². The minimum absolute atomic E-state index is 0.145. The van der Waals surface area contributed by atoms with Gasteiger partial charge in [-0.25, -0.2) is 9.97 Å². The fourth-order valence-corrected chi connectivity index (χ4v) is 3.13. The van der Waals surface area contributed by atoms with Crippen molar-refractivity contribution in [3.8, 4) is 5.75 Å². The van der Waals surface area contributed by atoms with E-state index >= 15 is 0 Å². The molecule has 0 spiro atoms. The summed E-state index contributed by atoms with van der Waals surface area (Å²) < 4.78 is 0. The van der Waals surface area contributed by atoms with E-state index < -0.39 is 0 Å². The number of aryl methyl sites for hydroxylation is 1. The Morgan fingerprint density at radius 3 is 2.63 bits per heavy atom. The number of nitrogens with one attached hydrogen (secondary N) is 1.